The maximum atomic E-state index is 13.8. The smallest absolute Gasteiger partial charge is 0.146 e. The van der Waals surface area contributed by atoms with Gasteiger partial charge < -0.3 is 15.0 Å². The lowest BCUT2D eigenvalue weighted by Crippen LogP contribution is -2.52. The first-order valence-corrected chi connectivity index (χ1v) is 7.37. The van der Waals surface area contributed by atoms with Gasteiger partial charge in [-0.25, -0.2) is 4.39 Å². The van der Waals surface area contributed by atoms with Crippen molar-refractivity contribution < 1.29 is 9.13 Å². The highest BCUT2D eigenvalue weighted by Crippen LogP contribution is 2.20. The van der Waals surface area contributed by atoms with Crippen molar-refractivity contribution in [2.45, 2.75) is 6.10 Å². The molecule has 0 spiro atoms. The van der Waals surface area contributed by atoms with Gasteiger partial charge >= 0.3 is 0 Å². The summed E-state index contributed by atoms with van der Waals surface area (Å²) >= 11 is 0. The molecular weight excluding hydrogens is 257 g/mol. The van der Waals surface area contributed by atoms with Gasteiger partial charge in [-0.05, 0) is 12.1 Å². The van der Waals surface area contributed by atoms with Crippen LogP contribution in [0.15, 0.2) is 24.3 Å². The van der Waals surface area contributed by atoms with E-state index in [2.05, 4.69) is 15.1 Å². The molecule has 2 aliphatic rings. The van der Waals surface area contributed by atoms with Crippen molar-refractivity contribution in [1.29, 1.82) is 0 Å². The number of rotatable bonds is 3. The summed E-state index contributed by atoms with van der Waals surface area (Å²) in [4.78, 5) is 4.54. The summed E-state index contributed by atoms with van der Waals surface area (Å²) < 4.78 is 19.5. The minimum Gasteiger partial charge on any atom is -0.374 e. The minimum atomic E-state index is -0.124. The van der Waals surface area contributed by atoms with Crippen molar-refractivity contribution in [1.82, 2.24) is 10.2 Å². The molecule has 0 amide bonds. The number of halogens is 1. The molecule has 5 heteroatoms. The van der Waals surface area contributed by atoms with Crippen molar-refractivity contribution in [2.75, 3.05) is 57.3 Å². The first-order chi connectivity index (χ1) is 9.83. The molecule has 1 N–H and O–H groups in total. The third-order valence-corrected chi connectivity index (χ3v) is 4.03. The molecular formula is C15H22FN3O. The molecule has 4 nitrogen and oxygen atoms in total. The fourth-order valence-electron chi connectivity index (χ4n) is 2.90. The van der Waals surface area contributed by atoms with Crippen molar-refractivity contribution in [3.63, 3.8) is 0 Å². The van der Waals surface area contributed by atoms with Crippen LogP contribution in [0.1, 0.15) is 0 Å². The van der Waals surface area contributed by atoms with Gasteiger partial charge in [0.2, 0.25) is 0 Å². The van der Waals surface area contributed by atoms with Gasteiger partial charge in [0.25, 0.3) is 0 Å². The third-order valence-electron chi connectivity index (χ3n) is 4.03. The predicted octanol–water partition coefficient (Wildman–Crippen LogP) is 0.936. The zero-order valence-electron chi connectivity index (χ0n) is 11.7. The lowest BCUT2D eigenvalue weighted by molar-refractivity contribution is 0.00464. The van der Waals surface area contributed by atoms with E-state index in [-0.39, 0.29) is 5.82 Å². The van der Waals surface area contributed by atoms with Gasteiger partial charge in [0.15, 0.2) is 0 Å². The molecule has 0 aromatic heterocycles. The summed E-state index contributed by atoms with van der Waals surface area (Å²) in [6, 6.07) is 7.03. The molecule has 2 aliphatic heterocycles. The Labute approximate surface area is 119 Å². The molecule has 2 fully saturated rings. The van der Waals surface area contributed by atoms with Crippen LogP contribution in [0.3, 0.4) is 0 Å². The number of piperazine rings is 1. The number of benzene rings is 1. The fraction of sp³-hybridized carbons (Fsp3) is 0.600. The van der Waals surface area contributed by atoms with Crippen LogP contribution in [0.25, 0.3) is 0 Å². The second-order valence-electron chi connectivity index (χ2n) is 5.44. The number of nitrogens with zero attached hydrogens (tertiary/aromatic N) is 2. The number of hydrogen-bond donors (Lipinski definition) is 1. The molecule has 1 atom stereocenters. The fourth-order valence-corrected chi connectivity index (χ4v) is 2.90. The number of para-hydroxylation sites is 1. The van der Waals surface area contributed by atoms with Crippen LogP contribution in [0.5, 0.6) is 0 Å². The summed E-state index contributed by atoms with van der Waals surface area (Å²) in [5.41, 5.74) is 0.725. The minimum absolute atomic E-state index is 0.124. The molecule has 2 heterocycles. The Hall–Kier alpha value is -1.17. The normalized spacial score (nSPS) is 24.9. The summed E-state index contributed by atoms with van der Waals surface area (Å²) in [6.07, 6.45) is 0.295. The van der Waals surface area contributed by atoms with Crippen LogP contribution >= 0.6 is 0 Å². The van der Waals surface area contributed by atoms with Gasteiger partial charge in [0, 0.05) is 45.8 Å². The molecule has 0 saturated carbocycles. The molecule has 20 heavy (non-hydrogen) atoms. The average molecular weight is 279 g/mol. The van der Waals surface area contributed by atoms with Gasteiger partial charge in [-0.1, -0.05) is 12.1 Å². The molecule has 1 unspecified atom stereocenters. The average Bonchev–Trinajstić information content (AvgIpc) is 2.50. The number of morpholine rings is 1. The SMILES string of the molecule is Fc1ccccc1N1CCN(CC2CNCCO2)CC1. The van der Waals surface area contributed by atoms with Crippen LogP contribution in [0, 0.1) is 5.82 Å². The number of ether oxygens (including phenoxy) is 1. The Morgan fingerprint density at radius 2 is 2.00 bits per heavy atom. The quantitative estimate of drug-likeness (QED) is 0.891. The monoisotopic (exact) mass is 279 g/mol. The summed E-state index contributed by atoms with van der Waals surface area (Å²) in [6.45, 7) is 7.35. The van der Waals surface area contributed by atoms with Gasteiger partial charge in [-0.2, -0.15) is 0 Å². The van der Waals surface area contributed by atoms with Gasteiger partial charge in [-0.15, -0.1) is 0 Å². The predicted molar refractivity (Wildman–Crippen MR) is 77.7 cm³/mol. The van der Waals surface area contributed by atoms with E-state index < -0.39 is 0 Å². The lowest BCUT2D eigenvalue weighted by Gasteiger charge is -2.38. The summed E-state index contributed by atoms with van der Waals surface area (Å²) in [7, 11) is 0. The molecule has 0 bridgehead atoms. The van der Waals surface area contributed by atoms with E-state index in [1.165, 1.54) is 6.07 Å². The summed E-state index contributed by atoms with van der Waals surface area (Å²) in [5, 5.41) is 3.35. The van der Waals surface area contributed by atoms with E-state index in [0.717, 1.165) is 58.1 Å². The molecule has 0 radical (unpaired) electrons. The first kappa shape index (κ1) is 13.8. The standard InChI is InChI=1S/C15H22FN3O/c16-14-3-1-2-4-15(14)19-8-6-18(7-9-19)12-13-11-17-5-10-20-13/h1-4,13,17H,5-12H2. The highest BCUT2D eigenvalue weighted by molar-refractivity contribution is 5.47. The summed E-state index contributed by atoms with van der Waals surface area (Å²) in [5.74, 6) is -0.124. The highest BCUT2D eigenvalue weighted by atomic mass is 19.1. The molecule has 1 aromatic rings. The van der Waals surface area contributed by atoms with Gasteiger partial charge in [0.05, 0.1) is 18.4 Å². The topological polar surface area (TPSA) is 27.7 Å². The Morgan fingerprint density at radius 3 is 2.70 bits per heavy atom. The van der Waals surface area contributed by atoms with Crippen LogP contribution in [0.2, 0.25) is 0 Å². The Bertz CT molecular complexity index is 429. The molecule has 2 saturated heterocycles. The molecule has 0 aliphatic carbocycles. The van der Waals surface area contributed by atoms with Gasteiger partial charge in [-0.3, -0.25) is 4.90 Å². The molecule has 3 rings (SSSR count). The highest BCUT2D eigenvalue weighted by Gasteiger charge is 2.22. The number of anilines is 1. The van der Waals surface area contributed by atoms with Crippen LogP contribution in [0.4, 0.5) is 10.1 Å². The Kier molecular flexibility index (Phi) is 4.50. The van der Waals surface area contributed by atoms with Crippen molar-refractivity contribution in [3.05, 3.63) is 30.1 Å². The number of nitrogens with one attached hydrogen (secondary N) is 1. The van der Waals surface area contributed by atoms with E-state index in [4.69, 9.17) is 4.74 Å². The van der Waals surface area contributed by atoms with Crippen molar-refractivity contribution >= 4 is 5.69 Å². The lowest BCUT2D eigenvalue weighted by atomic mass is 10.2. The van der Waals surface area contributed by atoms with E-state index in [0.29, 0.717) is 6.10 Å². The second kappa shape index (κ2) is 6.52. The van der Waals surface area contributed by atoms with E-state index in [1.54, 1.807) is 6.07 Å². The van der Waals surface area contributed by atoms with E-state index >= 15 is 0 Å². The van der Waals surface area contributed by atoms with Crippen LogP contribution < -0.4 is 10.2 Å². The largest absolute Gasteiger partial charge is 0.374 e. The Morgan fingerprint density at radius 1 is 1.20 bits per heavy atom. The molecule has 110 valence electrons. The molecule has 1 aromatic carbocycles. The van der Waals surface area contributed by atoms with E-state index in [9.17, 15) is 4.39 Å². The zero-order valence-corrected chi connectivity index (χ0v) is 11.7. The second-order valence-corrected chi connectivity index (χ2v) is 5.44. The maximum Gasteiger partial charge on any atom is 0.146 e. The number of hydrogen-bond acceptors (Lipinski definition) is 4. The van der Waals surface area contributed by atoms with Crippen LogP contribution in [-0.2, 0) is 4.74 Å². The third kappa shape index (κ3) is 3.29. The van der Waals surface area contributed by atoms with Crippen LogP contribution in [-0.4, -0.2) is 63.4 Å². The first-order valence-electron chi connectivity index (χ1n) is 7.37. The van der Waals surface area contributed by atoms with Gasteiger partial charge in [0.1, 0.15) is 5.82 Å². The van der Waals surface area contributed by atoms with E-state index in [1.807, 2.05) is 12.1 Å². The van der Waals surface area contributed by atoms with Crippen molar-refractivity contribution in [2.24, 2.45) is 0 Å². The van der Waals surface area contributed by atoms with Crippen molar-refractivity contribution in [3.8, 4) is 0 Å². The Balaban J connectivity index is 1.50. The zero-order chi connectivity index (χ0) is 13.8. The maximum absolute atomic E-state index is 13.8.